The molecule has 1 saturated heterocycles. The molecule has 1 fully saturated rings. The second kappa shape index (κ2) is 6.20. The van der Waals surface area contributed by atoms with Gasteiger partial charge in [-0.15, -0.1) is 0 Å². The van der Waals surface area contributed by atoms with Gasteiger partial charge in [-0.3, -0.25) is 9.59 Å². The van der Waals surface area contributed by atoms with E-state index >= 15 is 0 Å². The summed E-state index contributed by atoms with van der Waals surface area (Å²) in [6, 6.07) is 2.98. The average molecular weight is 296 g/mol. The molecule has 1 heterocycles. The Hall–Kier alpha value is -1.98. The van der Waals surface area contributed by atoms with E-state index in [4.69, 9.17) is 0 Å². The molecule has 6 heteroatoms. The maximum Gasteiger partial charge on any atom is 0.249 e. The second-order valence-electron chi connectivity index (χ2n) is 5.24. The third-order valence-electron chi connectivity index (χ3n) is 3.85. The Bertz CT molecular complexity index is 563. The lowest BCUT2D eigenvalue weighted by Crippen LogP contribution is -2.48. The van der Waals surface area contributed by atoms with Gasteiger partial charge in [0.05, 0.1) is 5.69 Å². The summed E-state index contributed by atoms with van der Waals surface area (Å²) >= 11 is 0. The number of rotatable bonds is 3. The van der Waals surface area contributed by atoms with E-state index in [1.165, 1.54) is 12.1 Å². The van der Waals surface area contributed by atoms with E-state index in [2.05, 4.69) is 5.32 Å². The first-order valence-corrected chi connectivity index (χ1v) is 7.00. The normalized spacial score (nSPS) is 21.0. The smallest absolute Gasteiger partial charge is 0.249 e. The Kier molecular flexibility index (Phi) is 4.55. The molecule has 4 nitrogen and oxygen atoms in total. The summed E-state index contributed by atoms with van der Waals surface area (Å²) in [7, 11) is 0. The van der Waals surface area contributed by atoms with Crippen molar-refractivity contribution in [2.45, 2.75) is 32.7 Å². The molecular weight excluding hydrogens is 278 g/mol. The molecule has 0 bridgehead atoms. The number of benzene rings is 1. The highest BCUT2D eigenvalue weighted by Crippen LogP contribution is 2.25. The van der Waals surface area contributed by atoms with Gasteiger partial charge in [-0.1, -0.05) is 26.3 Å². The van der Waals surface area contributed by atoms with Gasteiger partial charge in [0.25, 0.3) is 0 Å². The van der Waals surface area contributed by atoms with Gasteiger partial charge < -0.3 is 10.2 Å². The van der Waals surface area contributed by atoms with E-state index in [-0.39, 0.29) is 30.5 Å². The first kappa shape index (κ1) is 15.4. The summed E-state index contributed by atoms with van der Waals surface area (Å²) in [5, 5.41) is 2.67. The number of halogens is 2. The molecule has 2 atom stereocenters. The standard InChI is InChI=1S/C15H18F2N2O2/c1-3-9(2)14-15(21)19(8-7-12(20)18-14)11-6-4-5-10(16)13(11)17/h4-6,9,14H,3,7-8H2,1-2H3,(H,18,20). The number of hydrogen-bond acceptors (Lipinski definition) is 2. The van der Waals surface area contributed by atoms with Crippen LogP contribution in [0.25, 0.3) is 0 Å². The van der Waals surface area contributed by atoms with E-state index in [1.54, 1.807) is 0 Å². The van der Waals surface area contributed by atoms with Crippen LogP contribution in [-0.4, -0.2) is 24.4 Å². The minimum atomic E-state index is -1.07. The molecule has 1 aromatic rings. The first-order valence-electron chi connectivity index (χ1n) is 7.00. The number of nitrogens with one attached hydrogen (secondary N) is 1. The Balaban J connectivity index is 2.40. The zero-order chi connectivity index (χ0) is 15.6. The van der Waals surface area contributed by atoms with Crippen molar-refractivity contribution in [3.8, 4) is 0 Å². The Morgan fingerprint density at radius 2 is 2.10 bits per heavy atom. The lowest BCUT2D eigenvalue weighted by molar-refractivity contribution is -0.126. The predicted octanol–water partition coefficient (Wildman–Crippen LogP) is 2.23. The Morgan fingerprint density at radius 3 is 2.76 bits per heavy atom. The van der Waals surface area contributed by atoms with Crippen LogP contribution in [0.15, 0.2) is 18.2 Å². The second-order valence-corrected chi connectivity index (χ2v) is 5.24. The third-order valence-corrected chi connectivity index (χ3v) is 3.85. The van der Waals surface area contributed by atoms with Gasteiger partial charge in [-0.05, 0) is 18.1 Å². The molecule has 0 spiro atoms. The SMILES string of the molecule is CCC(C)C1NC(=O)CCN(c2cccc(F)c2F)C1=O. The number of hydrogen-bond donors (Lipinski definition) is 1. The first-order chi connectivity index (χ1) is 9.95. The minimum absolute atomic E-state index is 0.0397. The van der Waals surface area contributed by atoms with Crippen LogP contribution in [0.2, 0.25) is 0 Å². The fraction of sp³-hybridized carbons (Fsp3) is 0.467. The maximum atomic E-state index is 13.9. The van der Waals surface area contributed by atoms with Crippen LogP contribution < -0.4 is 10.2 Å². The molecule has 1 aromatic carbocycles. The van der Waals surface area contributed by atoms with Crippen molar-refractivity contribution in [2.24, 2.45) is 5.92 Å². The third kappa shape index (κ3) is 3.04. The molecular formula is C15H18F2N2O2. The summed E-state index contributed by atoms with van der Waals surface area (Å²) in [6.45, 7) is 3.79. The highest BCUT2D eigenvalue weighted by atomic mass is 19.2. The van der Waals surface area contributed by atoms with Crippen LogP contribution in [0.1, 0.15) is 26.7 Å². The van der Waals surface area contributed by atoms with Crippen LogP contribution in [0.5, 0.6) is 0 Å². The van der Waals surface area contributed by atoms with E-state index in [0.29, 0.717) is 6.42 Å². The molecule has 2 amide bonds. The maximum absolute atomic E-state index is 13.9. The number of nitrogens with zero attached hydrogens (tertiary/aromatic N) is 1. The van der Waals surface area contributed by atoms with Crippen LogP contribution in [-0.2, 0) is 9.59 Å². The fourth-order valence-corrected chi connectivity index (χ4v) is 2.36. The summed E-state index contributed by atoms with van der Waals surface area (Å²) in [5.74, 6) is -2.82. The van der Waals surface area contributed by atoms with Crippen LogP contribution >= 0.6 is 0 Å². The van der Waals surface area contributed by atoms with Crippen LogP contribution in [0, 0.1) is 17.6 Å². The van der Waals surface area contributed by atoms with Gasteiger partial charge in [0, 0.05) is 13.0 Å². The number of carbonyl (C=O) groups is 2. The van der Waals surface area contributed by atoms with Crippen molar-refractivity contribution in [3.63, 3.8) is 0 Å². The summed E-state index contributed by atoms with van der Waals surface area (Å²) < 4.78 is 27.3. The number of amides is 2. The molecule has 21 heavy (non-hydrogen) atoms. The summed E-state index contributed by atoms with van der Waals surface area (Å²) in [5.41, 5.74) is -0.121. The Morgan fingerprint density at radius 1 is 1.38 bits per heavy atom. The van der Waals surface area contributed by atoms with E-state index in [0.717, 1.165) is 11.0 Å². The van der Waals surface area contributed by atoms with Gasteiger partial charge in [0.15, 0.2) is 11.6 Å². The molecule has 2 unspecified atom stereocenters. The zero-order valence-corrected chi connectivity index (χ0v) is 12.0. The highest BCUT2D eigenvalue weighted by molar-refractivity contribution is 6.01. The molecule has 0 radical (unpaired) electrons. The molecule has 1 aliphatic rings. The van der Waals surface area contributed by atoms with Gasteiger partial charge >= 0.3 is 0 Å². The zero-order valence-electron chi connectivity index (χ0n) is 12.0. The lowest BCUT2D eigenvalue weighted by Gasteiger charge is -2.27. The van der Waals surface area contributed by atoms with Crippen molar-refractivity contribution in [1.82, 2.24) is 5.32 Å². The Labute approximate surface area is 122 Å². The molecule has 0 saturated carbocycles. The average Bonchev–Trinajstić information content (AvgIpc) is 2.61. The van der Waals surface area contributed by atoms with E-state index in [1.807, 2.05) is 13.8 Å². The minimum Gasteiger partial charge on any atom is -0.344 e. The molecule has 0 aromatic heterocycles. The van der Waals surface area contributed by atoms with Gasteiger partial charge in [0.2, 0.25) is 11.8 Å². The van der Waals surface area contributed by atoms with Gasteiger partial charge in [-0.25, -0.2) is 8.78 Å². The monoisotopic (exact) mass is 296 g/mol. The van der Waals surface area contributed by atoms with Crippen molar-refractivity contribution in [3.05, 3.63) is 29.8 Å². The van der Waals surface area contributed by atoms with Crippen molar-refractivity contribution < 1.29 is 18.4 Å². The quantitative estimate of drug-likeness (QED) is 0.930. The fourth-order valence-electron chi connectivity index (χ4n) is 2.36. The summed E-state index contributed by atoms with van der Waals surface area (Å²) in [6.07, 6.45) is 0.755. The van der Waals surface area contributed by atoms with Crippen LogP contribution in [0.3, 0.4) is 0 Å². The molecule has 1 N–H and O–H groups in total. The molecule has 0 aliphatic carbocycles. The van der Waals surface area contributed by atoms with Gasteiger partial charge in [-0.2, -0.15) is 0 Å². The molecule has 114 valence electrons. The number of anilines is 1. The lowest BCUT2D eigenvalue weighted by atomic mass is 9.98. The van der Waals surface area contributed by atoms with E-state index in [9.17, 15) is 18.4 Å². The van der Waals surface area contributed by atoms with Crippen molar-refractivity contribution in [2.75, 3.05) is 11.4 Å². The van der Waals surface area contributed by atoms with Crippen LogP contribution in [0.4, 0.5) is 14.5 Å². The topological polar surface area (TPSA) is 49.4 Å². The summed E-state index contributed by atoms with van der Waals surface area (Å²) in [4.78, 5) is 25.5. The largest absolute Gasteiger partial charge is 0.344 e. The van der Waals surface area contributed by atoms with Gasteiger partial charge in [0.1, 0.15) is 6.04 Å². The molecule has 2 rings (SSSR count). The predicted molar refractivity (Wildman–Crippen MR) is 74.7 cm³/mol. The highest BCUT2D eigenvalue weighted by Gasteiger charge is 2.34. The van der Waals surface area contributed by atoms with Crippen molar-refractivity contribution >= 4 is 17.5 Å². The van der Waals surface area contributed by atoms with Crippen molar-refractivity contribution in [1.29, 1.82) is 0 Å². The van der Waals surface area contributed by atoms with E-state index < -0.39 is 23.6 Å². The molecule has 1 aliphatic heterocycles. The number of carbonyl (C=O) groups excluding carboxylic acids is 2.